The molecule has 0 aliphatic carbocycles. The molecule has 0 radical (unpaired) electrons. The summed E-state index contributed by atoms with van der Waals surface area (Å²) in [5.74, 6) is -0.956. The molecule has 0 aromatic heterocycles. The van der Waals surface area contributed by atoms with E-state index in [-0.39, 0.29) is 16.7 Å². The minimum atomic E-state index is -1.94. The zero-order valence-corrected chi connectivity index (χ0v) is 13.0. The number of carbonyl (C=O) groups is 1. The van der Waals surface area contributed by atoms with Crippen molar-refractivity contribution in [3.63, 3.8) is 0 Å². The summed E-state index contributed by atoms with van der Waals surface area (Å²) >= 11 is 0. The Hall–Kier alpha value is -0.613. The van der Waals surface area contributed by atoms with Crippen molar-refractivity contribution in [2.45, 2.75) is 64.8 Å². The van der Waals surface area contributed by atoms with Gasteiger partial charge in [0.05, 0.1) is 11.7 Å². The van der Waals surface area contributed by atoms with Crippen LogP contribution in [0.3, 0.4) is 0 Å². The smallest absolute Gasteiger partial charge is 0.333 e. The van der Waals surface area contributed by atoms with Crippen LogP contribution in [0.4, 0.5) is 0 Å². The van der Waals surface area contributed by atoms with Crippen LogP contribution < -0.4 is 0 Å². The van der Waals surface area contributed by atoms with Crippen LogP contribution in [0.5, 0.6) is 0 Å². The molecule has 1 atom stereocenters. The van der Waals surface area contributed by atoms with E-state index in [0.29, 0.717) is 0 Å². The minimum Gasteiger partial charge on any atom is -0.478 e. The van der Waals surface area contributed by atoms with Gasteiger partial charge in [-0.1, -0.05) is 40.7 Å². The minimum absolute atomic E-state index is 0.0811. The average Bonchev–Trinajstić information content (AvgIpc) is 2.13. The molecule has 0 aliphatic heterocycles. The zero-order valence-electron chi connectivity index (χ0n) is 12.0. The lowest BCUT2D eigenvalue weighted by Crippen LogP contribution is -2.44. The molecule has 4 heteroatoms. The van der Waals surface area contributed by atoms with Crippen molar-refractivity contribution in [1.82, 2.24) is 0 Å². The van der Waals surface area contributed by atoms with E-state index >= 15 is 0 Å². The first kappa shape index (κ1) is 16.4. The summed E-state index contributed by atoms with van der Waals surface area (Å²) in [6.07, 6.45) is 1.27. The molecule has 17 heavy (non-hydrogen) atoms. The van der Waals surface area contributed by atoms with Crippen molar-refractivity contribution in [2.75, 3.05) is 0 Å². The highest BCUT2D eigenvalue weighted by Gasteiger charge is 2.40. The van der Waals surface area contributed by atoms with Gasteiger partial charge in [-0.05, 0) is 24.6 Å². The van der Waals surface area contributed by atoms with Gasteiger partial charge in [-0.3, -0.25) is 0 Å². The molecule has 0 spiro atoms. The maximum atomic E-state index is 11.0. The molecule has 0 aliphatic rings. The summed E-state index contributed by atoms with van der Waals surface area (Å²) < 4.78 is 6.12. The summed E-state index contributed by atoms with van der Waals surface area (Å²) in [7, 11) is -1.94. The van der Waals surface area contributed by atoms with E-state index in [2.05, 4.69) is 40.4 Å². The first-order chi connectivity index (χ1) is 7.53. The molecule has 0 saturated heterocycles. The monoisotopic (exact) mass is 258 g/mol. The topological polar surface area (TPSA) is 46.5 Å². The van der Waals surface area contributed by atoms with E-state index in [1.165, 1.54) is 0 Å². The summed E-state index contributed by atoms with van der Waals surface area (Å²) in [5, 5.41) is 9.10. The van der Waals surface area contributed by atoms with Crippen LogP contribution in [-0.4, -0.2) is 25.5 Å². The molecule has 0 aromatic rings. The van der Waals surface area contributed by atoms with Crippen LogP contribution in [0.2, 0.25) is 18.1 Å². The molecular formula is C13H26O3Si. The Kier molecular flexibility index (Phi) is 5.61. The van der Waals surface area contributed by atoms with Crippen molar-refractivity contribution < 1.29 is 14.3 Å². The number of carboxylic acids is 1. The Balaban J connectivity index is 4.89. The summed E-state index contributed by atoms with van der Waals surface area (Å²) in [5.41, 5.74) is 0.177. The summed E-state index contributed by atoms with van der Waals surface area (Å²) in [4.78, 5) is 11.0. The van der Waals surface area contributed by atoms with Crippen LogP contribution in [0.25, 0.3) is 0 Å². The fourth-order valence-electron chi connectivity index (χ4n) is 1.24. The standard InChI is InChI=1S/C13H26O3Si/c1-8-9-11(10(2)12(14)15)16-17(6,7)13(3,4)5/h11H,2,8-9H2,1,3-7H3,(H,14,15). The third-order valence-corrected chi connectivity index (χ3v) is 7.94. The lowest BCUT2D eigenvalue weighted by molar-refractivity contribution is -0.133. The van der Waals surface area contributed by atoms with E-state index in [1.54, 1.807) is 0 Å². The van der Waals surface area contributed by atoms with Crippen molar-refractivity contribution in [3.05, 3.63) is 12.2 Å². The third-order valence-electron chi connectivity index (χ3n) is 3.46. The molecule has 0 bridgehead atoms. The van der Waals surface area contributed by atoms with Crippen LogP contribution in [-0.2, 0) is 9.22 Å². The molecular weight excluding hydrogens is 232 g/mol. The SMILES string of the molecule is C=C(C(=O)O)C(CCC)O[Si](C)(C)C(C)(C)C. The molecule has 3 nitrogen and oxygen atoms in total. The van der Waals surface area contributed by atoms with Gasteiger partial charge in [0.25, 0.3) is 0 Å². The Labute approximate surface area is 106 Å². The molecule has 0 amide bonds. The van der Waals surface area contributed by atoms with Crippen molar-refractivity contribution in [3.8, 4) is 0 Å². The molecule has 0 heterocycles. The second kappa shape index (κ2) is 5.82. The largest absolute Gasteiger partial charge is 0.478 e. The molecule has 0 rings (SSSR count). The Morgan fingerprint density at radius 2 is 1.88 bits per heavy atom. The van der Waals surface area contributed by atoms with E-state index in [1.807, 2.05) is 6.92 Å². The zero-order chi connectivity index (χ0) is 13.9. The highest BCUT2D eigenvalue weighted by Crippen LogP contribution is 2.38. The number of hydrogen-bond acceptors (Lipinski definition) is 2. The van der Waals surface area contributed by atoms with E-state index in [0.717, 1.165) is 12.8 Å². The molecule has 0 aromatic carbocycles. The van der Waals surface area contributed by atoms with Gasteiger partial charge in [0, 0.05) is 0 Å². The quantitative estimate of drug-likeness (QED) is 0.582. The first-order valence-electron chi connectivity index (χ1n) is 6.13. The average molecular weight is 258 g/mol. The highest BCUT2D eigenvalue weighted by atomic mass is 28.4. The van der Waals surface area contributed by atoms with Crippen molar-refractivity contribution >= 4 is 14.3 Å². The predicted molar refractivity (Wildman–Crippen MR) is 73.8 cm³/mol. The lowest BCUT2D eigenvalue weighted by Gasteiger charge is -2.39. The normalized spacial score (nSPS) is 14.5. The molecule has 1 N–H and O–H groups in total. The maximum absolute atomic E-state index is 11.0. The second-order valence-corrected chi connectivity index (χ2v) is 10.7. The van der Waals surface area contributed by atoms with Crippen LogP contribution in [0.1, 0.15) is 40.5 Å². The molecule has 100 valence electrons. The van der Waals surface area contributed by atoms with Gasteiger partial charge in [0.15, 0.2) is 8.32 Å². The Morgan fingerprint density at radius 3 is 2.18 bits per heavy atom. The van der Waals surface area contributed by atoms with Crippen LogP contribution in [0, 0.1) is 0 Å². The van der Waals surface area contributed by atoms with Gasteiger partial charge in [-0.15, -0.1) is 0 Å². The van der Waals surface area contributed by atoms with Crippen molar-refractivity contribution in [2.24, 2.45) is 0 Å². The lowest BCUT2D eigenvalue weighted by atomic mass is 10.1. The van der Waals surface area contributed by atoms with Gasteiger partial charge < -0.3 is 9.53 Å². The molecule has 0 fully saturated rings. The predicted octanol–water partition coefficient (Wildman–Crippen LogP) is 3.82. The van der Waals surface area contributed by atoms with Gasteiger partial charge >= 0.3 is 5.97 Å². The fraction of sp³-hybridized carbons (Fsp3) is 0.769. The van der Waals surface area contributed by atoms with Crippen LogP contribution >= 0.6 is 0 Å². The van der Waals surface area contributed by atoms with Gasteiger partial charge in [-0.2, -0.15) is 0 Å². The number of hydrogen-bond donors (Lipinski definition) is 1. The number of aliphatic carboxylic acids is 1. The maximum Gasteiger partial charge on any atom is 0.333 e. The highest BCUT2D eigenvalue weighted by molar-refractivity contribution is 6.74. The second-order valence-electron chi connectivity index (χ2n) is 5.99. The first-order valence-corrected chi connectivity index (χ1v) is 9.03. The fourth-order valence-corrected chi connectivity index (χ4v) is 2.56. The van der Waals surface area contributed by atoms with Gasteiger partial charge in [0.2, 0.25) is 0 Å². The van der Waals surface area contributed by atoms with E-state index in [4.69, 9.17) is 9.53 Å². The Morgan fingerprint density at radius 1 is 1.41 bits per heavy atom. The summed E-state index contributed by atoms with van der Waals surface area (Å²) in [6, 6.07) is 0. The molecule has 0 saturated carbocycles. The van der Waals surface area contributed by atoms with Gasteiger partial charge in [0.1, 0.15) is 0 Å². The van der Waals surface area contributed by atoms with Gasteiger partial charge in [-0.25, -0.2) is 4.79 Å². The Bertz CT molecular complexity index is 290. The third kappa shape index (κ3) is 4.64. The van der Waals surface area contributed by atoms with Crippen LogP contribution in [0.15, 0.2) is 12.2 Å². The van der Waals surface area contributed by atoms with E-state index < -0.39 is 14.3 Å². The number of rotatable bonds is 6. The van der Waals surface area contributed by atoms with Crippen molar-refractivity contribution in [1.29, 1.82) is 0 Å². The summed E-state index contributed by atoms with van der Waals surface area (Å²) in [6.45, 7) is 16.4. The molecule has 1 unspecified atom stereocenters. The number of carboxylic acid groups (broad SMARTS) is 1. The van der Waals surface area contributed by atoms with E-state index in [9.17, 15) is 4.79 Å².